The number of hydrogen-bond acceptors (Lipinski definition) is 1. The summed E-state index contributed by atoms with van der Waals surface area (Å²) in [6, 6.07) is 0. The predicted molar refractivity (Wildman–Crippen MR) is 56.7 cm³/mol. The van der Waals surface area contributed by atoms with Gasteiger partial charge in [0.05, 0.1) is 0 Å². The highest BCUT2D eigenvalue weighted by Gasteiger charge is 2.83. The van der Waals surface area contributed by atoms with E-state index in [0.29, 0.717) is 6.92 Å². The number of allylic oxidation sites excluding steroid dienone is 1. The number of carboxylic acids is 1. The Morgan fingerprint density at radius 1 is 0.880 bits per heavy atom. The molecule has 0 aliphatic carbocycles. The second-order valence-corrected chi connectivity index (χ2v) is 4.83. The van der Waals surface area contributed by atoms with Crippen LogP contribution in [0.2, 0.25) is 0 Å². The third-order valence-electron chi connectivity index (χ3n) is 3.09. The summed E-state index contributed by atoms with van der Waals surface area (Å²) in [7, 11) is 0. The van der Waals surface area contributed by atoms with E-state index in [2.05, 4.69) is 0 Å². The second kappa shape index (κ2) is 6.59. The SMILES string of the molecule is CC(=CCC(F)(C(F)C(F)(C(F)(F)F)C(F)(F)F)C(F)(F)F)C(=O)O. The van der Waals surface area contributed by atoms with Crippen LogP contribution in [0.4, 0.5) is 52.7 Å². The van der Waals surface area contributed by atoms with Crippen molar-refractivity contribution in [2.75, 3.05) is 0 Å². The molecular weight excluding hydrogens is 392 g/mol. The van der Waals surface area contributed by atoms with E-state index >= 15 is 0 Å². The first kappa shape index (κ1) is 23.4. The molecule has 0 heterocycles. The van der Waals surface area contributed by atoms with Crippen LogP contribution in [-0.2, 0) is 4.79 Å². The Bertz CT molecular complexity index is 515. The van der Waals surface area contributed by atoms with Gasteiger partial charge in [0, 0.05) is 12.0 Å². The lowest BCUT2D eigenvalue weighted by Crippen LogP contribution is -2.68. The van der Waals surface area contributed by atoms with Gasteiger partial charge in [-0.1, -0.05) is 6.08 Å². The van der Waals surface area contributed by atoms with E-state index in [4.69, 9.17) is 5.11 Å². The molecule has 0 aliphatic rings. The molecule has 0 bridgehead atoms. The van der Waals surface area contributed by atoms with Gasteiger partial charge in [0.25, 0.3) is 0 Å². The predicted octanol–water partition coefficient (Wildman–Crippen LogP) is 4.85. The number of carboxylic acid groups (broad SMARTS) is 1. The van der Waals surface area contributed by atoms with Crippen molar-refractivity contribution in [3.05, 3.63) is 11.6 Å². The van der Waals surface area contributed by atoms with Crippen molar-refractivity contribution in [1.29, 1.82) is 0 Å². The van der Waals surface area contributed by atoms with Gasteiger partial charge >= 0.3 is 30.2 Å². The zero-order valence-corrected chi connectivity index (χ0v) is 11.8. The second-order valence-electron chi connectivity index (χ2n) is 4.83. The van der Waals surface area contributed by atoms with Crippen LogP contribution in [0, 0.1) is 0 Å². The van der Waals surface area contributed by atoms with Gasteiger partial charge in [0.2, 0.25) is 5.67 Å². The summed E-state index contributed by atoms with van der Waals surface area (Å²) in [6.07, 6.45) is -30.0. The molecule has 2 atom stereocenters. The Kier molecular flexibility index (Phi) is 6.16. The van der Waals surface area contributed by atoms with Gasteiger partial charge in [-0.05, 0) is 6.92 Å². The highest BCUT2D eigenvalue weighted by Crippen LogP contribution is 2.56. The Balaban J connectivity index is 6.39. The minimum Gasteiger partial charge on any atom is -0.478 e. The van der Waals surface area contributed by atoms with E-state index in [1.54, 1.807) is 0 Å². The maximum absolute atomic E-state index is 13.9. The van der Waals surface area contributed by atoms with E-state index in [-0.39, 0.29) is 6.08 Å². The standard InChI is InChI=1S/C11H8F12O2/c1-4(5(24)25)2-3-7(13,9(15,16)17)6(12)8(14,10(18,19)20)11(21,22)23/h2,6H,3H2,1H3,(H,24,25). The van der Waals surface area contributed by atoms with Crippen molar-refractivity contribution >= 4 is 5.97 Å². The molecule has 0 spiro atoms. The summed E-state index contributed by atoms with van der Waals surface area (Å²) < 4.78 is 153. The van der Waals surface area contributed by atoms with E-state index in [1.165, 1.54) is 0 Å². The van der Waals surface area contributed by atoms with Crippen LogP contribution in [0.1, 0.15) is 13.3 Å². The molecule has 0 aliphatic heterocycles. The lowest BCUT2D eigenvalue weighted by molar-refractivity contribution is -0.382. The van der Waals surface area contributed by atoms with Crippen LogP contribution < -0.4 is 0 Å². The molecule has 0 radical (unpaired) electrons. The third kappa shape index (κ3) is 4.14. The van der Waals surface area contributed by atoms with E-state index in [0.717, 1.165) is 0 Å². The number of carbonyl (C=O) groups is 1. The molecule has 14 heteroatoms. The molecule has 0 aromatic carbocycles. The summed E-state index contributed by atoms with van der Waals surface area (Å²) >= 11 is 0. The first-order valence-corrected chi connectivity index (χ1v) is 5.85. The number of alkyl halides is 12. The average molecular weight is 400 g/mol. The maximum atomic E-state index is 13.9. The molecule has 148 valence electrons. The summed E-state index contributed by atoms with van der Waals surface area (Å²) in [5, 5.41) is 8.34. The van der Waals surface area contributed by atoms with Crippen molar-refractivity contribution in [2.24, 2.45) is 0 Å². The Labute approximate surface area is 131 Å². The molecule has 0 fully saturated rings. The zero-order valence-electron chi connectivity index (χ0n) is 11.8. The fourth-order valence-corrected chi connectivity index (χ4v) is 1.52. The largest absolute Gasteiger partial charge is 0.478 e. The van der Waals surface area contributed by atoms with Crippen molar-refractivity contribution < 1.29 is 62.6 Å². The zero-order chi connectivity index (χ0) is 20.6. The molecule has 0 rings (SSSR count). The van der Waals surface area contributed by atoms with Crippen molar-refractivity contribution in [3.63, 3.8) is 0 Å². The number of aliphatic carboxylic acids is 1. The molecule has 0 aromatic rings. The van der Waals surface area contributed by atoms with E-state index < -0.39 is 54.0 Å². The van der Waals surface area contributed by atoms with Gasteiger partial charge in [-0.3, -0.25) is 0 Å². The number of hydrogen-bond donors (Lipinski definition) is 1. The first-order chi connectivity index (χ1) is 10.7. The highest BCUT2D eigenvalue weighted by molar-refractivity contribution is 5.85. The molecular formula is C11H8F12O2. The van der Waals surface area contributed by atoms with Gasteiger partial charge in [0.1, 0.15) is 0 Å². The van der Waals surface area contributed by atoms with Gasteiger partial charge in [-0.25, -0.2) is 18.0 Å². The fourth-order valence-electron chi connectivity index (χ4n) is 1.52. The molecule has 2 unspecified atom stereocenters. The number of rotatable bonds is 5. The van der Waals surface area contributed by atoms with Gasteiger partial charge in [-0.2, -0.15) is 39.5 Å². The Morgan fingerprint density at radius 3 is 1.48 bits per heavy atom. The first-order valence-electron chi connectivity index (χ1n) is 5.85. The maximum Gasteiger partial charge on any atom is 0.434 e. The summed E-state index contributed by atoms with van der Waals surface area (Å²) in [5.74, 6) is -2.02. The highest BCUT2D eigenvalue weighted by atomic mass is 19.4. The monoisotopic (exact) mass is 400 g/mol. The van der Waals surface area contributed by atoms with Gasteiger partial charge in [0.15, 0.2) is 6.17 Å². The fraction of sp³-hybridized carbons (Fsp3) is 0.727. The van der Waals surface area contributed by atoms with Crippen LogP contribution >= 0.6 is 0 Å². The smallest absolute Gasteiger partial charge is 0.434 e. The third-order valence-corrected chi connectivity index (χ3v) is 3.09. The molecule has 2 nitrogen and oxygen atoms in total. The van der Waals surface area contributed by atoms with Gasteiger partial charge < -0.3 is 5.11 Å². The minimum atomic E-state index is -7.28. The number of halogens is 12. The summed E-state index contributed by atoms with van der Waals surface area (Å²) in [4.78, 5) is 10.4. The molecule has 0 aromatic heterocycles. The lowest BCUT2D eigenvalue weighted by Gasteiger charge is -2.39. The van der Waals surface area contributed by atoms with Crippen LogP contribution in [-0.4, -0.2) is 47.1 Å². The Morgan fingerprint density at radius 2 is 1.24 bits per heavy atom. The van der Waals surface area contributed by atoms with Crippen LogP contribution in [0.25, 0.3) is 0 Å². The van der Waals surface area contributed by atoms with E-state index in [9.17, 15) is 57.5 Å². The molecule has 1 N–H and O–H groups in total. The summed E-state index contributed by atoms with van der Waals surface area (Å²) in [5.41, 5.74) is -14.3. The molecule has 25 heavy (non-hydrogen) atoms. The average Bonchev–Trinajstić information content (AvgIpc) is 2.38. The normalized spacial score (nSPS) is 18.7. The van der Waals surface area contributed by atoms with Crippen molar-refractivity contribution in [1.82, 2.24) is 0 Å². The van der Waals surface area contributed by atoms with Gasteiger partial charge in [-0.15, -0.1) is 0 Å². The molecule has 0 saturated heterocycles. The van der Waals surface area contributed by atoms with Crippen LogP contribution in [0.15, 0.2) is 11.6 Å². The van der Waals surface area contributed by atoms with E-state index in [1.807, 2.05) is 0 Å². The van der Waals surface area contributed by atoms with Crippen molar-refractivity contribution in [2.45, 2.75) is 49.4 Å². The van der Waals surface area contributed by atoms with Crippen LogP contribution in [0.3, 0.4) is 0 Å². The Hall–Kier alpha value is -1.63. The minimum absolute atomic E-state index is 0.310. The lowest BCUT2D eigenvalue weighted by atomic mass is 9.83. The van der Waals surface area contributed by atoms with Crippen molar-refractivity contribution in [3.8, 4) is 0 Å². The summed E-state index contributed by atoms with van der Waals surface area (Å²) in [6.45, 7) is 0.503. The molecule has 0 saturated carbocycles. The topological polar surface area (TPSA) is 37.3 Å². The molecule has 0 amide bonds. The van der Waals surface area contributed by atoms with Crippen LogP contribution in [0.5, 0.6) is 0 Å². The quantitative estimate of drug-likeness (QED) is 0.529.